The lowest BCUT2D eigenvalue weighted by Gasteiger charge is -2.33. The summed E-state index contributed by atoms with van der Waals surface area (Å²) in [5.41, 5.74) is 3.75. The van der Waals surface area contributed by atoms with Gasteiger partial charge in [-0.15, -0.1) is 0 Å². The van der Waals surface area contributed by atoms with Gasteiger partial charge in [-0.1, -0.05) is 0 Å². The van der Waals surface area contributed by atoms with Crippen molar-refractivity contribution in [1.29, 1.82) is 0 Å². The van der Waals surface area contributed by atoms with Gasteiger partial charge < -0.3 is 10.2 Å². The van der Waals surface area contributed by atoms with E-state index in [1.54, 1.807) is 0 Å². The molecule has 0 bridgehead atoms. The third-order valence-corrected chi connectivity index (χ3v) is 5.24. The molecule has 1 amide bonds. The molecule has 0 unspecified atom stereocenters. The maximum Gasteiger partial charge on any atom is 0.224 e. The third kappa shape index (κ3) is 2.64. The standard InChI is InChI=1S/C18H25N5O/c1-2-19-18(24)13-6-5-10-22(12-13)17-16-14-7-3-4-8-15(14)21-23(16)11-9-20-17/h9,11,13H,2-8,10,12H2,1H3,(H,19,24)/t13-/m0/s1. The lowest BCUT2D eigenvalue weighted by molar-refractivity contribution is -0.125. The highest BCUT2D eigenvalue weighted by molar-refractivity contribution is 5.80. The van der Waals surface area contributed by atoms with Crippen LogP contribution in [0.2, 0.25) is 0 Å². The van der Waals surface area contributed by atoms with Crippen LogP contribution in [0, 0.1) is 5.92 Å². The summed E-state index contributed by atoms with van der Waals surface area (Å²) >= 11 is 0. The molecule has 0 saturated carbocycles. The van der Waals surface area contributed by atoms with Crippen LogP contribution in [-0.4, -0.2) is 40.1 Å². The molecule has 3 heterocycles. The Labute approximate surface area is 142 Å². The first-order chi connectivity index (χ1) is 11.8. The van der Waals surface area contributed by atoms with Crippen molar-refractivity contribution in [3.8, 4) is 0 Å². The Balaban J connectivity index is 1.68. The summed E-state index contributed by atoms with van der Waals surface area (Å²) in [6.45, 7) is 4.37. The number of amides is 1. The number of nitrogens with zero attached hydrogens (tertiary/aromatic N) is 4. The lowest BCUT2D eigenvalue weighted by atomic mass is 9.95. The van der Waals surface area contributed by atoms with Crippen molar-refractivity contribution in [3.63, 3.8) is 0 Å². The van der Waals surface area contributed by atoms with Crippen LogP contribution >= 0.6 is 0 Å². The number of hydrogen-bond donors (Lipinski definition) is 1. The maximum absolute atomic E-state index is 12.2. The summed E-state index contributed by atoms with van der Waals surface area (Å²) in [7, 11) is 0. The number of carbonyl (C=O) groups is 1. The minimum absolute atomic E-state index is 0.0551. The van der Waals surface area contributed by atoms with Crippen LogP contribution in [0.15, 0.2) is 12.4 Å². The number of aryl methyl sites for hydroxylation is 2. The van der Waals surface area contributed by atoms with E-state index < -0.39 is 0 Å². The van der Waals surface area contributed by atoms with E-state index in [9.17, 15) is 4.79 Å². The molecule has 6 heteroatoms. The van der Waals surface area contributed by atoms with Crippen LogP contribution < -0.4 is 10.2 Å². The quantitative estimate of drug-likeness (QED) is 0.936. The van der Waals surface area contributed by atoms with Gasteiger partial charge in [0.05, 0.1) is 11.6 Å². The van der Waals surface area contributed by atoms with Crippen molar-refractivity contribution in [2.24, 2.45) is 5.92 Å². The second kappa shape index (κ2) is 6.42. The Bertz CT molecular complexity index is 753. The molecule has 2 aromatic rings. The summed E-state index contributed by atoms with van der Waals surface area (Å²) in [4.78, 5) is 19.2. The fraction of sp³-hybridized carbons (Fsp3) is 0.611. The molecule has 2 aromatic heterocycles. The molecule has 0 radical (unpaired) electrons. The van der Waals surface area contributed by atoms with Gasteiger partial charge in [0.2, 0.25) is 5.91 Å². The second-order valence-corrected chi connectivity index (χ2v) is 6.86. The van der Waals surface area contributed by atoms with Gasteiger partial charge in [-0.05, 0) is 45.4 Å². The molecule has 2 aliphatic rings. The largest absolute Gasteiger partial charge is 0.356 e. The predicted molar refractivity (Wildman–Crippen MR) is 93.2 cm³/mol. The van der Waals surface area contributed by atoms with Crippen LogP contribution in [0.3, 0.4) is 0 Å². The number of nitrogens with one attached hydrogen (secondary N) is 1. The minimum atomic E-state index is 0.0551. The van der Waals surface area contributed by atoms with Crippen LogP contribution in [0.4, 0.5) is 5.82 Å². The van der Waals surface area contributed by atoms with Gasteiger partial charge in [-0.3, -0.25) is 4.79 Å². The molecule has 1 fully saturated rings. The smallest absolute Gasteiger partial charge is 0.224 e. The first-order valence-corrected chi connectivity index (χ1v) is 9.15. The number of anilines is 1. The van der Waals surface area contributed by atoms with Gasteiger partial charge >= 0.3 is 0 Å². The van der Waals surface area contributed by atoms with Crippen molar-refractivity contribution in [2.45, 2.75) is 45.4 Å². The van der Waals surface area contributed by atoms with E-state index in [0.29, 0.717) is 6.54 Å². The average molecular weight is 327 g/mol. The van der Waals surface area contributed by atoms with E-state index in [4.69, 9.17) is 5.10 Å². The fourth-order valence-electron chi connectivity index (χ4n) is 4.08. The van der Waals surface area contributed by atoms with Crippen LogP contribution in [0.5, 0.6) is 0 Å². The molecule has 0 aromatic carbocycles. The lowest BCUT2D eigenvalue weighted by Crippen LogP contribution is -2.43. The summed E-state index contributed by atoms with van der Waals surface area (Å²) < 4.78 is 1.99. The summed E-state index contributed by atoms with van der Waals surface area (Å²) in [6, 6.07) is 0. The Hall–Kier alpha value is -2.11. The highest BCUT2D eigenvalue weighted by Crippen LogP contribution is 2.32. The zero-order valence-corrected chi connectivity index (χ0v) is 14.3. The highest BCUT2D eigenvalue weighted by atomic mass is 16.1. The van der Waals surface area contributed by atoms with E-state index in [1.807, 2.05) is 23.8 Å². The van der Waals surface area contributed by atoms with Crippen molar-refractivity contribution in [2.75, 3.05) is 24.5 Å². The van der Waals surface area contributed by atoms with Gasteiger partial charge in [0.1, 0.15) is 5.52 Å². The summed E-state index contributed by atoms with van der Waals surface area (Å²) in [5.74, 6) is 1.23. The molecule has 128 valence electrons. The number of rotatable bonds is 3. The van der Waals surface area contributed by atoms with E-state index in [1.165, 1.54) is 24.1 Å². The number of hydrogen-bond acceptors (Lipinski definition) is 4. The molecule has 1 saturated heterocycles. The molecule has 4 rings (SSSR count). The van der Waals surface area contributed by atoms with Crippen molar-refractivity contribution < 1.29 is 4.79 Å². The molecule has 1 aliphatic carbocycles. The third-order valence-electron chi connectivity index (χ3n) is 5.24. The molecule has 0 spiro atoms. The van der Waals surface area contributed by atoms with E-state index >= 15 is 0 Å². The van der Waals surface area contributed by atoms with Gasteiger partial charge in [0, 0.05) is 37.6 Å². The van der Waals surface area contributed by atoms with E-state index in [0.717, 1.165) is 50.1 Å². The average Bonchev–Trinajstić information content (AvgIpc) is 3.00. The topological polar surface area (TPSA) is 62.5 Å². The Morgan fingerprint density at radius 3 is 3.08 bits per heavy atom. The molecular formula is C18H25N5O. The molecule has 6 nitrogen and oxygen atoms in total. The summed E-state index contributed by atoms with van der Waals surface area (Å²) in [5, 5.41) is 7.73. The van der Waals surface area contributed by atoms with E-state index in [-0.39, 0.29) is 11.8 Å². The first-order valence-electron chi connectivity index (χ1n) is 9.15. The van der Waals surface area contributed by atoms with Gasteiger partial charge in [0.15, 0.2) is 5.82 Å². The van der Waals surface area contributed by atoms with Gasteiger partial charge in [0.25, 0.3) is 0 Å². The fourth-order valence-corrected chi connectivity index (χ4v) is 4.08. The minimum Gasteiger partial charge on any atom is -0.356 e. The summed E-state index contributed by atoms with van der Waals surface area (Å²) in [6.07, 6.45) is 10.4. The normalized spacial score (nSPS) is 20.9. The van der Waals surface area contributed by atoms with Gasteiger partial charge in [-0.2, -0.15) is 5.10 Å². The zero-order chi connectivity index (χ0) is 16.5. The van der Waals surface area contributed by atoms with Crippen LogP contribution in [0.1, 0.15) is 43.9 Å². The Morgan fingerprint density at radius 1 is 1.33 bits per heavy atom. The number of fused-ring (bicyclic) bond motifs is 3. The number of aromatic nitrogens is 3. The zero-order valence-electron chi connectivity index (χ0n) is 14.3. The number of carbonyl (C=O) groups excluding carboxylic acids is 1. The molecule has 1 N–H and O–H groups in total. The number of piperidine rings is 1. The van der Waals surface area contributed by atoms with Crippen molar-refractivity contribution in [1.82, 2.24) is 19.9 Å². The van der Waals surface area contributed by atoms with E-state index in [2.05, 4.69) is 15.2 Å². The highest BCUT2D eigenvalue weighted by Gasteiger charge is 2.29. The first kappa shape index (κ1) is 15.4. The SMILES string of the molecule is CCNC(=O)[C@H]1CCCN(c2nccn3nc4c(c23)CCCC4)C1. The van der Waals surface area contributed by atoms with Gasteiger partial charge in [-0.25, -0.2) is 9.50 Å². The van der Waals surface area contributed by atoms with Crippen molar-refractivity contribution in [3.05, 3.63) is 23.7 Å². The van der Waals surface area contributed by atoms with Crippen LogP contribution in [0.25, 0.3) is 5.52 Å². The van der Waals surface area contributed by atoms with Crippen molar-refractivity contribution >= 4 is 17.2 Å². The van der Waals surface area contributed by atoms with Crippen LogP contribution in [-0.2, 0) is 17.6 Å². The Morgan fingerprint density at radius 2 is 2.21 bits per heavy atom. The molecule has 24 heavy (non-hydrogen) atoms. The molecule has 1 aliphatic heterocycles. The Kier molecular flexibility index (Phi) is 4.12. The molecular weight excluding hydrogens is 302 g/mol. The second-order valence-electron chi connectivity index (χ2n) is 6.86. The predicted octanol–water partition coefficient (Wildman–Crippen LogP) is 1.96. The monoisotopic (exact) mass is 327 g/mol. The maximum atomic E-state index is 12.2. The molecule has 1 atom stereocenters.